The number of carboxylic acids is 1. The van der Waals surface area contributed by atoms with Crippen molar-refractivity contribution in [3.8, 4) is 5.75 Å². The summed E-state index contributed by atoms with van der Waals surface area (Å²) in [7, 11) is 4.14. The van der Waals surface area contributed by atoms with E-state index in [-0.39, 0.29) is 6.42 Å². The van der Waals surface area contributed by atoms with E-state index in [2.05, 4.69) is 42.6 Å². The molecule has 1 N–H and O–H groups in total. The molecule has 0 spiro atoms. The number of aliphatic carboxylic acids is 1. The van der Waals surface area contributed by atoms with Gasteiger partial charge in [0.2, 0.25) is 0 Å². The molecule has 2 aromatic rings. The minimum Gasteiger partial charge on any atom is -0.487 e. The first-order valence-corrected chi connectivity index (χ1v) is 9.32. The van der Waals surface area contributed by atoms with Gasteiger partial charge in [-0.25, -0.2) is 0 Å². The number of hydrogen-bond acceptors (Lipinski definition) is 4. The number of benzene rings is 1. The third-order valence-corrected chi connectivity index (χ3v) is 5.18. The summed E-state index contributed by atoms with van der Waals surface area (Å²) in [5.41, 5.74) is 4.53. The molecule has 25 heavy (non-hydrogen) atoms. The fraction of sp³-hybridized carbons (Fsp3) is 0.350. The van der Waals surface area contributed by atoms with Crippen molar-refractivity contribution in [3.05, 3.63) is 57.3 Å². The predicted octanol–water partition coefficient (Wildman–Crippen LogP) is 4.04. The lowest BCUT2D eigenvalue weighted by atomic mass is 9.94. The van der Waals surface area contributed by atoms with Crippen LogP contribution < -0.4 is 4.74 Å². The summed E-state index contributed by atoms with van der Waals surface area (Å²) < 4.78 is 6.01. The second-order valence-corrected chi connectivity index (χ2v) is 7.48. The zero-order chi connectivity index (χ0) is 17.8. The smallest absolute Gasteiger partial charge is 0.303 e. The number of fused-ring (bicyclic) bond motifs is 2. The van der Waals surface area contributed by atoms with Gasteiger partial charge in [-0.3, -0.25) is 4.79 Å². The average molecular weight is 357 g/mol. The zero-order valence-corrected chi connectivity index (χ0v) is 15.4. The van der Waals surface area contributed by atoms with Crippen LogP contribution in [0.4, 0.5) is 0 Å². The quantitative estimate of drug-likeness (QED) is 0.848. The Morgan fingerprint density at radius 1 is 1.32 bits per heavy atom. The lowest BCUT2D eigenvalue weighted by Gasteiger charge is -2.13. The highest BCUT2D eigenvalue weighted by molar-refractivity contribution is 7.10. The van der Waals surface area contributed by atoms with Gasteiger partial charge in [0.25, 0.3) is 0 Å². The third kappa shape index (κ3) is 4.30. The minimum atomic E-state index is -0.770. The van der Waals surface area contributed by atoms with Crippen LogP contribution in [0.1, 0.15) is 34.4 Å². The van der Waals surface area contributed by atoms with Crippen LogP contribution in [0.25, 0.3) is 5.57 Å². The third-order valence-electron chi connectivity index (χ3n) is 4.28. The monoisotopic (exact) mass is 357 g/mol. The maximum Gasteiger partial charge on any atom is 0.303 e. The lowest BCUT2D eigenvalue weighted by molar-refractivity contribution is -0.136. The summed E-state index contributed by atoms with van der Waals surface area (Å²) in [5.74, 6) is 0.103. The number of ether oxygens (including phenoxy) is 1. The molecule has 3 rings (SSSR count). The van der Waals surface area contributed by atoms with E-state index in [0.29, 0.717) is 13.0 Å². The van der Waals surface area contributed by atoms with Crippen LogP contribution in [0.5, 0.6) is 5.75 Å². The summed E-state index contributed by atoms with van der Waals surface area (Å²) in [6.07, 6.45) is 3.91. The van der Waals surface area contributed by atoms with Gasteiger partial charge in [-0.1, -0.05) is 12.1 Å². The standard InChI is InChI=1S/C20H23NO3S/c1-21(2)10-3-4-15-16-9-11-25-19(16)13-24-18-7-5-14(12-17(15)18)6-8-20(22)23/h4-5,7,9,11-12H,3,6,8,10,13H2,1-2H3,(H,22,23). The Morgan fingerprint density at radius 2 is 2.16 bits per heavy atom. The molecule has 0 amide bonds. The predicted molar refractivity (Wildman–Crippen MR) is 101 cm³/mol. The van der Waals surface area contributed by atoms with Crippen LogP contribution in [0, 0.1) is 0 Å². The summed E-state index contributed by atoms with van der Waals surface area (Å²) in [5, 5.41) is 11.0. The molecule has 0 unspecified atom stereocenters. The highest BCUT2D eigenvalue weighted by Crippen LogP contribution is 2.39. The van der Waals surface area contributed by atoms with E-state index in [0.717, 1.165) is 29.8 Å². The van der Waals surface area contributed by atoms with Crippen LogP contribution in [-0.2, 0) is 17.8 Å². The van der Waals surface area contributed by atoms with Gasteiger partial charge in [0, 0.05) is 23.4 Å². The molecule has 2 heterocycles. The number of carboxylic acid groups (broad SMARTS) is 1. The Bertz CT molecular complexity index is 792. The van der Waals surface area contributed by atoms with E-state index in [9.17, 15) is 4.79 Å². The van der Waals surface area contributed by atoms with Gasteiger partial charge in [0.15, 0.2) is 0 Å². The molecule has 0 saturated carbocycles. The van der Waals surface area contributed by atoms with Crippen molar-refractivity contribution >= 4 is 22.9 Å². The molecule has 0 radical (unpaired) electrons. The zero-order valence-electron chi connectivity index (χ0n) is 14.6. The van der Waals surface area contributed by atoms with E-state index in [1.807, 2.05) is 12.1 Å². The van der Waals surface area contributed by atoms with Gasteiger partial charge in [0.1, 0.15) is 12.4 Å². The maximum atomic E-state index is 10.9. The molecule has 0 atom stereocenters. The molecule has 0 aliphatic carbocycles. The first-order valence-electron chi connectivity index (χ1n) is 8.44. The molecule has 1 aromatic carbocycles. The van der Waals surface area contributed by atoms with E-state index < -0.39 is 5.97 Å². The fourth-order valence-corrected chi connectivity index (χ4v) is 3.79. The highest BCUT2D eigenvalue weighted by atomic mass is 32.1. The Morgan fingerprint density at radius 3 is 2.92 bits per heavy atom. The van der Waals surface area contributed by atoms with Crippen molar-refractivity contribution in [3.63, 3.8) is 0 Å². The number of hydrogen-bond donors (Lipinski definition) is 1. The Hall–Kier alpha value is -2.11. The molecule has 1 aliphatic heterocycles. The summed E-state index contributed by atoms with van der Waals surface area (Å²) in [6.45, 7) is 1.57. The topological polar surface area (TPSA) is 49.8 Å². The number of thiophene rings is 1. The second kappa shape index (κ2) is 7.85. The number of nitrogens with zero attached hydrogens (tertiary/aromatic N) is 1. The first kappa shape index (κ1) is 17.7. The van der Waals surface area contributed by atoms with Crippen molar-refractivity contribution in [1.82, 2.24) is 4.90 Å². The summed E-state index contributed by atoms with van der Waals surface area (Å²) >= 11 is 1.72. The van der Waals surface area contributed by atoms with E-state index in [1.165, 1.54) is 16.0 Å². The van der Waals surface area contributed by atoms with Crippen molar-refractivity contribution in [2.75, 3.05) is 20.6 Å². The summed E-state index contributed by atoms with van der Waals surface area (Å²) in [6, 6.07) is 8.19. The molecule has 0 fully saturated rings. The van der Waals surface area contributed by atoms with Gasteiger partial charge in [-0.2, -0.15) is 0 Å². The summed E-state index contributed by atoms with van der Waals surface area (Å²) in [4.78, 5) is 14.3. The number of aryl methyl sites for hydroxylation is 1. The van der Waals surface area contributed by atoms with Crippen LogP contribution in [0.15, 0.2) is 35.7 Å². The normalized spacial score (nSPS) is 14.8. The van der Waals surface area contributed by atoms with Crippen LogP contribution in [0.2, 0.25) is 0 Å². The van der Waals surface area contributed by atoms with Crippen LogP contribution in [0.3, 0.4) is 0 Å². The maximum absolute atomic E-state index is 10.9. The Kier molecular flexibility index (Phi) is 5.56. The van der Waals surface area contributed by atoms with Crippen LogP contribution >= 0.6 is 11.3 Å². The largest absolute Gasteiger partial charge is 0.487 e. The average Bonchev–Trinajstić information content (AvgIpc) is 2.98. The van der Waals surface area contributed by atoms with Gasteiger partial charge < -0.3 is 14.7 Å². The minimum absolute atomic E-state index is 0.142. The van der Waals surface area contributed by atoms with Crippen molar-refractivity contribution < 1.29 is 14.6 Å². The molecule has 132 valence electrons. The molecule has 5 heteroatoms. The number of carbonyl (C=O) groups is 1. The van der Waals surface area contributed by atoms with Gasteiger partial charge in [0.05, 0.1) is 0 Å². The van der Waals surface area contributed by atoms with E-state index >= 15 is 0 Å². The van der Waals surface area contributed by atoms with Gasteiger partial charge in [-0.15, -0.1) is 11.3 Å². The van der Waals surface area contributed by atoms with Gasteiger partial charge >= 0.3 is 5.97 Å². The number of rotatable bonds is 6. The fourth-order valence-electron chi connectivity index (χ4n) is 2.99. The Balaban J connectivity index is 1.98. The first-order chi connectivity index (χ1) is 12.0. The lowest BCUT2D eigenvalue weighted by Crippen LogP contribution is -2.12. The van der Waals surface area contributed by atoms with E-state index in [4.69, 9.17) is 9.84 Å². The SMILES string of the molecule is CN(C)CCC=C1c2cc(CCC(=O)O)ccc2OCc2sccc21. The second-order valence-electron chi connectivity index (χ2n) is 6.48. The highest BCUT2D eigenvalue weighted by Gasteiger charge is 2.20. The molecular formula is C20H23NO3S. The molecule has 1 aliphatic rings. The van der Waals surface area contributed by atoms with Crippen LogP contribution in [-0.4, -0.2) is 36.6 Å². The van der Waals surface area contributed by atoms with Crippen molar-refractivity contribution in [2.24, 2.45) is 0 Å². The molecule has 0 bridgehead atoms. The molecule has 1 aromatic heterocycles. The van der Waals surface area contributed by atoms with E-state index in [1.54, 1.807) is 11.3 Å². The van der Waals surface area contributed by atoms with Crippen molar-refractivity contribution in [2.45, 2.75) is 25.9 Å². The molecule has 4 nitrogen and oxygen atoms in total. The van der Waals surface area contributed by atoms with Crippen molar-refractivity contribution in [1.29, 1.82) is 0 Å². The van der Waals surface area contributed by atoms with Gasteiger partial charge in [-0.05, 0) is 67.2 Å². The molecule has 0 saturated heterocycles. The molecular weight excluding hydrogens is 334 g/mol. The Labute approximate surface area is 152 Å².